The Morgan fingerprint density at radius 1 is 1.59 bits per heavy atom. The minimum atomic E-state index is -0.225. The van der Waals surface area contributed by atoms with Crippen LogP contribution >= 0.6 is 0 Å². The van der Waals surface area contributed by atoms with Crippen LogP contribution in [-0.2, 0) is 9.53 Å². The van der Waals surface area contributed by atoms with Crippen LogP contribution in [0.5, 0.6) is 0 Å². The molecule has 2 atom stereocenters. The molecule has 0 saturated heterocycles. The van der Waals surface area contributed by atoms with Crippen LogP contribution in [0.15, 0.2) is 23.8 Å². The molecule has 0 heterocycles. The molecule has 0 fully saturated rings. The standard InChI is InChI=1S/C15H24O2/c1-11-7-6-10-15(4,5)14(11)9-8-12(2)17-13(3)16/h7-9,12,14H,6,10H2,1-5H3/b9-8+/t12-,14-/m1/s1. The molecule has 1 rings (SSSR count). The first kappa shape index (κ1) is 14.0. The van der Waals surface area contributed by atoms with Crippen molar-refractivity contribution in [2.45, 2.75) is 53.6 Å². The van der Waals surface area contributed by atoms with Crippen LogP contribution in [0, 0.1) is 11.3 Å². The lowest BCUT2D eigenvalue weighted by atomic mass is 9.68. The van der Waals surface area contributed by atoms with Gasteiger partial charge in [-0.1, -0.05) is 31.6 Å². The lowest BCUT2D eigenvalue weighted by Gasteiger charge is -2.36. The van der Waals surface area contributed by atoms with Gasteiger partial charge in [-0.2, -0.15) is 0 Å². The molecule has 0 aromatic carbocycles. The maximum absolute atomic E-state index is 10.8. The number of allylic oxidation sites excluding steroid dienone is 3. The van der Waals surface area contributed by atoms with Gasteiger partial charge in [0.1, 0.15) is 6.10 Å². The summed E-state index contributed by atoms with van der Waals surface area (Å²) in [6.45, 7) is 10.1. The maximum Gasteiger partial charge on any atom is 0.303 e. The number of hydrogen-bond acceptors (Lipinski definition) is 2. The molecule has 0 unspecified atom stereocenters. The topological polar surface area (TPSA) is 26.3 Å². The second kappa shape index (κ2) is 5.52. The molecule has 0 amide bonds. The van der Waals surface area contributed by atoms with Gasteiger partial charge in [0.2, 0.25) is 0 Å². The highest BCUT2D eigenvalue weighted by molar-refractivity contribution is 5.66. The smallest absolute Gasteiger partial charge is 0.303 e. The van der Waals surface area contributed by atoms with Crippen LogP contribution in [0.3, 0.4) is 0 Å². The van der Waals surface area contributed by atoms with E-state index in [1.807, 2.05) is 13.0 Å². The first-order valence-corrected chi connectivity index (χ1v) is 6.35. The summed E-state index contributed by atoms with van der Waals surface area (Å²) in [7, 11) is 0. The molecule has 1 aliphatic carbocycles. The van der Waals surface area contributed by atoms with E-state index in [0.717, 1.165) is 0 Å². The SMILES string of the molecule is CC(=O)O[C@H](C)/C=C/[C@@H]1C(C)=CCCC1(C)C. The first-order chi connectivity index (χ1) is 7.83. The average Bonchev–Trinajstić information content (AvgIpc) is 2.14. The highest BCUT2D eigenvalue weighted by Gasteiger charge is 2.30. The number of carbonyl (C=O) groups excluding carboxylic acids is 1. The van der Waals surface area contributed by atoms with E-state index in [0.29, 0.717) is 11.3 Å². The second-order valence-corrected chi connectivity index (χ2v) is 5.65. The fourth-order valence-corrected chi connectivity index (χ4v) is 2.55. The Hall–Kier alpha value is -1.05. The second-order valence-electron chi connectivity index (χ2n) is 5.65. The molecule has 2 heteroatoms. The normalized spacial score (nSPS) is 25.5. The quantitative estimate of drug-likeness (QED) is 0.549. The highest BCUT2D eigenvalue weighted by atomic mass is 16.5. The summed E-state index contributed by atoms with van der Waals surface area (Å²) in [6, 6.07) is 0. The molecule has 0 aromatic heterocycles. The average molecular weight is 236 g/mol. The van der Waals surface area contributed by atoms with Crippen LogP contribution in [0.25, 0.3) is 0 Å². The lowest BCUT2D eigenvalue weighted by Crippen LogP contribution is -2.26. The van der Waals surface area contributed by atoms with Crippen molar-refractivity contribution in [1.82, 2.24) is 0 Å². The van der Waals surface area contributed by atoms with E-state index in [4.69, 9.17) is 4.74 Å². The van der Waals surface area contributed by atoms with Gasteiger partial charge in [0.25, 0.3) is 0 Å². The zero-order valence-corrected chi connectivity index (χ0v) is 11.6. The highest BCUT2D eigenvalue weighted by Crippen LogP contribution is 2.41. The summed E-state index contributed by atoms with van der Waals surface area (Å²) in [6.07, 6.45) is 8.74. The van der Waals surface area contributed by atoms with Crippen LogP contribution in [0.2, 0.25) is 0 Å². The summed E-state index contributed by atoms with van der Waals surface area (Å²) >= 11 is 0. The van der Waals surface area contributed by atoms with Crippen LogP contribution < -0.4 is 0 Å². The third kappa shape index (κ3) is 4.03. The fourth-order valence-electron chi connectivity index (χ4n) is 2.55. The van der Waals surface area contributed by atoms with E-state index >= 15 is 0 Å². The Morgan fingerprint density at radius 2 is 2.24 bits per heavy atom. The number of esters is 1. The van der Waals surface area contributed by atoms with Crippen molar-refractivity contribution in [3.8, 4) is 0 Å². The molecule has 0 spiro atoms. The summed E-state index contributed by atoms with van der Waals surface area (Å²) in [5.41, 5.74) is 1.72. The van der Waals surface area contributed by atoms with Gasteiger partial charge in [0.05, 0.1) is 0 Å². The number of carbonyl (C=O) groups is 1. The summed E-state index contributed by atoms with van der Waals surface area (Å²) in [4.78, 5) is 10.8. The Bertz CT molecular complexity index is 337. The Kier molecular flexibility index (Phi) is 4.55. The molecular formula is C15H24O2. The van der Waals surface area contributed by atoms with E-state index in [1.54, 1.807) is 0 Å². The van der Waals surface area contributed by atoms with E-state index in [-0.39, 0.29) is 12.1 Å². The van der Waals surface area contributed by atoms with Crippen molar-refractivity contribution >= 4 is 5.97 Å². The molecule has 0 saturated carbocycles. The molecule has 0 N–H and O–H groups in total. The predicted octanol–water partition coefficient (Wildman–Crippen LogP) is 3.88. The van der Waals surface area contributed by atoms with Crippen LogP contribution in [-0.4, -0.2) is 12.1 Å². The van der Waals surface area contributed by atoms with Gasteiger partial charge in [-0.25, -0.2) is 0 Å². The summed E-state index contributed by atoms with van der Waals surface area (Å²) < 4.78 is 5.10. The maximum atomic E-state index is 10.8. The molecule has 96 valence electrons. The largest absolute Gasteiger partial charge is 0.459 e. The molecule has 0 radical (unpaired) electrons. The zero-order chi connectivity index (χ0) is 13.1. The van der Waals surface area contributed by atoms with Crippen molar-refractivity contribution in [1.29, 1.82) is 0 Å². The monoisotopic (exact) mass is 236 g/mol. The Morgan fingerprint density at radius 3 is 2.76 bits per heavy atom. The number of hydrogen-bond donors (Lipinski definition) is 0. The van der Waals surface area contributed by atoms with Crippen molar-refractivity contribution in [2.75, 3.05) is 0 Å². The molecule has 17 heavy (non-hydrogen) atoms. The predicted molar refractivity (Wildman–Crippen MR) is 70.6 cm³/mol. The Balaban J connectivity index is 2.71. The Labute approximate surface area is 105 Å². The number of ether oxygens (including phenoxy) is 1. The van der Waals surface area contributed by atoms with Crippen molar-refractivity contribution < 1.29 is 9.53 Å². The van der Waals surface area contributed by atoms with E-state index in [2.05, 4.69) is 32.9 Å². The third-order valence-corrected chi connectivity index (χ3v) is 3.51. The van der Waals surface area contributed by atoms with Gasteiger partial charge in [-0.15, -0.1) is 0 Å². The van der Waals surface area contributed by atoms with Crippen molar-refractivity contribution in [3.05, 3.63) is 23.8 Å². The molecule has 2 nitrogen and oxygen atoms in total. The molecular weight excluding hydrogens is 212 g/mol. The van der Waals surface area contributed by atoms with E-state index < -0.39 is 0 Å². The lowest BCUT2D eigenvalue weighted by molar-refractivity contribution is -0.143. The van der Waals surface area contributed by atoms with Gasteiger partial charge in [0, 0.05) is 12.8 Å². The molecule has 0 bridgehead atoms. The van der Waals surface area contributed by atoms with Gasteiger partial charge < -0.3 is 4.74 Å². The minimum Gasteiger partial charge on any atom is -0.459 e. The first-order valence-electron chi connectivity index (χ1n) is 6.35. The number of rotatable bonds is 3. The van der Waals surface area contributed by atoms with Crippen molar-refractivity contribution in [2.24, 2.45) is 11.3 Å². The van der Waals surface area contributed by atoms with Crippen LogP contribution in [0.4, 0.5) is 0 Å². The van der Waals surface area contributed by atoms with E-state index in [1.165, 1.54) is 25.3 Å². The van der Waals surface area contributed by atoms with E-state index in [9.17, 15) is 4.79 Å². The molecule has 0 aromatic rings. The fraction of sp³-hybridized carbons (Fsp3) is 0.667. The molecule has 1 aliphatic rings. The van der Waals surface area contributed by atoms with Gasteiger partial charge in [-0.3, -0.25) is 4.79 Å². The summed E-state index contributed by atoms with van der Waals surface area (Å²) in [5, 5.41) is 0. The zero-order valence-electron chi connectivity index (χ0n) is 11.6. The van der Waals surface area contributed by atoms with Gasteiger partial charge in [-0.05, 0) is 38.2 Å². The minimum absolute atomic E-state index is 0.141. The van der Waals surface area contributed by atoms with Gasteiger partial charge >= 0.3 is 5.97 Å². The summed E-state index contributed by atoms with van der Waals surface area (Å²) in [5.74, 6) is 0.228. The van der Waals surface area contributed by atoms with Crippen LogP contribution in [0.1, 0.15) is 47.5 Å². The third-order valence-electron chi connectivity index (χ3n) is 3.51. The van der Waals surface area contributed by atoms with Gasteiger partial charge in [0.15, 0.2) is 0 Å². The molecule has 0 aliphatic heterocycles. The van der Waals surface area contributed by atoms with Crippen molar-refractivity contribution in [3.63, 3.8) is 0 Å².